The summed E-state index contributed by atoms with van der Waals surface area (Å²) in [6.45, 7) is -0.274. The molecule has 0 bridgehead atoms. The maximum atomic E-state index is 13.1. The number of benzene rings is 4. The van der Waals surface area contributed by atoms with E-state index in [-0.39, 0.29) is 96.6 Å². The van der Waals surface area contributed by atoms with Crippen molar-refractivity contribution in [2.24, 2.45) is 11.5 Å². The molecule has 4 rings (SSSR count). The summed E-state index contributed by atoms with van der Waals surface area (Å²) in [5.74, 6) is -10.5. The summed E-state index contributed by atoms with van der Waals surface area (Å²) >= 11 is 0. The summed E-state index contributed by atoms with van der Waals surface area (Å²) in [5, 5.41) is 56.2. The summed E-state index contributed by atoms with van der Waals surface area (Å²) < 4.78 is 33.2. The Hall–Kier alpha value is -8.90. The molecule has 2 atom stereocenters. The molecule has 358 valence electrons. The zero-order chi connectivity index (χ0) is 49.9. The molecule has 0 aliphatic rings. The van der Waals surface area contributed by atoms with Gasteiger partial charge in [-0.05, 0) is 84.9 Å². The largest absolute Gasteiger partial charge is 0.491 e. The Morgan fingerprint density at radius 2 is 0.779 bits per heavy atom. The first kappa shape index (κ1) is 51.7. The van der Waals surface area contributed by atoms with E-state index in [4.69, 9.17) is 60.9 Å². The maximum Gasteiger partial charge on any atom is 0.343 e. The molecule has 68 heavy (non-hydrogen) atoms. The van der Waals surface area contributed by atoms with Crippen molar-refractivity contribution in [1.29, 1.82) is 10.8 Å². The molecular formula is C44H44N6O18. The first-order valence-electron chi connectivity index (χ1n) is 19.8. The second-order valence-electron chi connectivity index (χ2n) is 14.0. The van der Waals surface area contributed by atoms with Gasteiger partial charge in [0.05, 0.1) is 50.4 Å². The fourth-order valence-corrected chi connectivity index (χ4v) is 5.59. The summed E-state index contributed by atoms with van der Waals surface area (Å²) in [6, 6.07) is 14.7. The smallest absolute Gasteiger partial charge is 0.343 e. The average molecular weight is 945 g/mol. The minimum atomic E-state index is -1.80. The second-order valence-corrected chi connectivity index (χ2v) is 14.0. The van der Waals surface area contributed by atoms with Crippen LogP contribution in [0.3, 0.4) is 0 Å². The fourth-order valence-electron chi connectivity index (χ4n) is 5.59. The third-order valence-corrected chi connectivity index (χ3v) is 8.89. The van der Waals surface area contributed by atoms with Crippen LogP contribution >= 0.6 is 0 Å². The van der Waals surface area contributed by atoms with Crippen LogP contribution in [0.2, 0.25) is 0 Å². The van der Waals surface area contributed by atoms with Gasteiger partial charge in [-0.2, -0.15) is 0 Å². The van der Waals surface area contributed by atoms with E-state index in [0.717, 1.165) is 12.1 Å². The topological polar surface area (TPSA) is 397 Å². The molecule has 0 fully saturated rings. The lowest BCUT2D eigenvalue weighted by Gasteiger charge is -2.15. The lowest BCUT2D eigenvalue weighted by atomic mass is 10.1. The van der Waals surface area contributed by atoms with E-state index in [9.17, 15) is 48.6 Å². The standard InChI is InChI=1S/C44H44N6O18/c45-37(46)23-1-5-29(6-2-23)67-43(61)27-15-25(39(55)49-33(41(57)58)21-35(51)52)17-31(19-27)65-13-11-63-9-10-64-12-14-66-32-18-26(40(56)50-34(42(59)60)22-36(53)54)16-28(20-32)44(62)68-30-7-3-24(4-8-30)38(47)48/h1-8,15-20,33-34H,9-14,21-22H2,(H3,45,46)(H3,47,48)(H,49,55)(H,50,56)(H,51,52)(H,53,54)(H,57,58)(H,59,60). The average Bonchev–Trinajstić information content (AvgIpc) is 3.28. The van der Waals surface area contributed by atoms with E-state index in [2.05, 4.69) is 10.6 Å². The van der Waals surface area contributed by atoms with E-state index in [1.807, 2.05) is 0 Å². The summed E-state index contributed by atoms with van der Waals surface area (Å²) in [6.07, 6.45) is -1.86. The monoisotopic (exact) mass is 944 g/mol. The number of amidine groups is 2. The third kappa shape index (κ3) is 16.6. The van der Waals surface area contributed by atoms with Crippen LogP contribution in [0.15, 0.2) is 84.9 Å². The van der Waals surface area contributed by atoms with Gasteiger partial charge >= 0.3 is 35.8 Å². The van der Waals surface area contributed by atoms with E-state index >= 15 is 0 Å². The number of nitrogens with two attached hydrogens (primary N) is 2. The number of esters is 2. The van der Waals surface area contributed by atoms with Crippen LogP contribution in [-0.2, 0) is 28.7 Å². The summed E-state index contributed by atoms with van der Waals surface area (Å²) in [5.41, 5.74) is 10.7. The van der Waals surface area contributed by atoms with Crippen LogP contribution in [0, 0.1) is 10.8 Å². The van der Waals surface area contributed by atoms with Gasteiger partial charge in [0.1, 0.15) is 60.0 Å². The molecule has 24 nitrogen and oxygen atoms in total. The van der Waals surface area contributed by atoms with Gasteiger partial charge in [-0.15, -0.1) is 0 Å². The summed E-state index contributed by atoms with van der Waals surface area (Å²) in [7, 11) is 0. The Morgan fingerprint density at radius 3 is 1.09 bits per heavy atom. The number of ether oxygens (including phenoxy) is 6. The molecule has 0 aliphatic carbocycles. The quantitative estimate of drug-likeness (QED) is 0.0133. The van der Waals surface area contributed by atoms with Crippen LogP contribution in [0.1, 0.15) is 65.4 Å². The molecule has 0 aliphatic heterocycles. The molecule has 12 N–H and O–H groups in total. The lowest BCUT2D eigenvalue weighted by Crippen LogP contribution is -2.42. The highest BCUT2D eigenvalue weighted by Crippen LogP contribution is 2.23. The molecule has 0 radical (unpaired) electrons. The fraction of sp³-hybridized carbons (Fsp3) is 0.227. The highest BCUT2D eigenvalue weighted by molar-refractivity contribution is 6.02. The zero-order valence-corrected chi connectivity index (χ0v) is 35.6. The number of rotatable bonds is 27. The highest BCUT2D eigenvalue weighted by Gasteiger charge is 2.26. The Morgan fingerprint density at radius 1 is 0.456 bits per heavy atom. The number of hydrogen-bond acceptors (Lipinski definition) is 16. The lowest BCUT2D eigenvalue weighted by molar-refractivity contribution is -0.145. The van der Waals surface area contributed by atoms with Crippen molar-refractivity contribution in [3.8, 4) is 23.0 Å². The van der Waals surface area contributed by atoms with E-state index in [1.165, 1.54) is 72.8 Å². The van der Waals surface area contributed by atoms with Crippen molar-refractivity contribution in [2.45, 2.75) is 24.9 Å². The number of nitrogen functional groups attached to an aromatic ring is 2. The summed E-state index contributed by atoms with van der Waals surface area (Å²) in [4.78, 5) is 97.8. The Labute approximate surface area is 384 Å². The Balaban J connectivity index is 1.33. The Bertz CT molecular complexity index is 2370. The van der Waals surface area contributed by atoms with Crippen molar-refractivity contribution < 1.29 is 87.2 Å². The number of carboxylic acids is 4. The molecule has 0 aromatic heterocycles. The molecule has 0 spiro atoms. The van der Waals surface area contributed by atoms with Crippen molar-refractivity contribution >= 4 is 59.3 Å². The van der Waals surface area contributed by atoms with Gasteiger partial charge in [-0.25, -0.2) is 19.2 Å². The number of carbonyl (C=O) groups is 8. The predicted octanol–water partition coefficient (Wildman–Crippen LogP) is 1.50. The molecule has 2 unspecified atom stereocenters. The molecule has 2 amide bonds. The number of aliphatic carboxylic acids is 4. The van der Waals surface area contributed by atoms with Gasteiger partial charge in [0.25, 0.3) is 11.8 Å². The number of hydrogen-bond donors (Lipinski definition) is 10. The number of nitrogens with one attached hydrogen (secondary N) is 4. The third-order valence-electron chi connectivity index (χ3n) is 8.89. The maximum absolute atomic E-state index is 13.1. The van der Waals surface area contributed by atoms with Crippen LogP contribution in [-0.4, -0.2) is 131 Å². The number of carbonyl (C=O) groups excluding carboxylic acids is 4. The molecule has 24 heteroatoms. The Kier molecular flexibility index (Phi) is 19.0. The van der Waals surface area contributed by atoms with E-state index in [1.54, 1.807) is 0 Å². The van der Waals surface area contributed by atoms with Gasteiger partial charge in [-0.3, -0.25) is 30.0 Å². The van der Waals surface area contributed by atoms with Gasteiger partial charge in [0, 0.05) is 22.3 Å². The number of amides is 2. The minimum Gasteiger partial charge on any atom is -0.491 e. The van der Waals surface area contributed by atoms with Crippen LogP contribution in [0.4, 0.5) is 0 Å². The van der Waals surface area contributed by atoms with Crippen molar-refractivity contribution in [1.82, 2.24) is 10.6 Å². The molecule has 0 saturated carbocycles. The first-order chi connectivity index (χ1) is 32.3. The van der Waals surface area contributed by atoms with E-state index < -0.39 is 72.6 Å². The van der Waals surface area contributed by atoms with Crippen LogP contribution in [0.25, 0.3) is 0 Å². The van der Waals surface area contributed by atoms with Gasteiger partial charge < -0.3 is 70.9 Å². The molecule has 0 saturated heterocycles. The van der Waals surface area contributed by atoms with E-state index in [0.29, 0.717) is 11.1 Å². The minimum absolute atomic E-state index is 0.0338. The van der Waals surface area contributed by atoms with Gasteiger partial charge in [0.2, 0.25) is 0 Å². The SMILES string of the molecule is N=C(N)c1ccc(OC(=O)c2cc(OCCOCCOCCOc3cc(C(=O)NC(CC(=O)O)C(=O)O)cc(C(=O)Oc4ccc(C(=N)N)cc4)c3)cc(C(=O)NC(CC(=O)O)C(=O)O)c2)cc1. The molecular weight excluding hydrogens is 901 g/mol. The molecule has 0 heterocycles. The number of carboxylic acid groups (broad SMARTS) is 4. The van der Waals surface area contributed by atoms with Crippen molar-refractivity contribution in [2.75, 3.05) is 39.6 Å². The first-order valence-corrected chi connectivity index (χ1v) is 19.8. The highest BCUT2D eigenvalue weighted by atomic mass is 16.6. The van der Waals surface area contributed by atoms with Crippen molar-refractivity contribution in [3.63, 3.8) is 0 Å². The molecule has 4 aromatic carbocycles. The van der Waals surface area contributed by atoms with Gasteiger partial charge in [0.15, 0.2) is 0 Å². The molecule has 4 aromatic rings. The van der Waals surface area contributed by atoms with Crippen LogP contribution in [0.5, 0.6) is 23.0 Å². The second kappa shape index (κ2) is 25.0. The zero-order valence-electron chi connectivity index (χ0n) is 35.6. The predicted molar refractivity (Wildman–Crippen MR) is 233 cm³/mol. The van der Waals surface area contributed by atoms with Crippen molar-refractivity contribution in [3.05, 3.63) is 118 Å². The van der Waals surface area contributed by atoms with Gasteiger partial charge in [-0.1, -0.05) is 0 Å². The normalized spacial score (nSPS) is 11.5. The van der Waals surface area contributed by atoms with Crippen LogP contribution < -0.4 is 41.0 Å².